The van der Waals surface area contributed by atoms with Gasteiger partial charge in [0.25, 0.3) is 0 Å². The molecule has 0 saturated carbocycles. The van der Waals surface area contributed by atoms with Crippen molar-refractivity contribution in [1.29, 1.82) is 0 Å². The van der Waals surface area contributed by atoms with Gasteiger partial charge in [0.1, 0.15) is 5.82 Å². The van der Waals surface area contributed by atoms with Crippen LogP contribution < -0.4 is 5.73 Å². The maximum atomic E-state index is 13.0. The van der Waals surface area contributed by atoms with Gasteiger partial charge in [0.2, 0.25) is 0 Å². The van der Waals surface area contributed by atoms with E-state index < -0.39 is 0 Å². The van der Waals surface area contributed by atoms with Crippen molar-refractivity contribution in [3.05, 3.63) is 29.6 Å². The summed E-state index contributed by atoms with van der Waals surface area (Å²) in [5.74, 6) is 1.50. The van der Waals surface area contributed by atoms with Gasteiger partial charge >= 0.3 is 0 Å². The molecule has 0 bridgehead atoms. The smallest absolute Gasteiger partial charge is 0.123 e. The van der Waals surface area contributed by atoms with Gasteiger partial charge in [-0.3, -0.25) is 0 Å². The van der Waals surface area contributed by atoms with Crippen LogP contribution in [0.3, 0.4) is 0 Å². The van der Waals surface area contributed by atoms with Crippen molar-refractivity contribution in [3.63, 3.8) is 0 Å². The Bertz CT molecular complexity index is 353. The molecular formula is C12H16FNOS. The van der Waals surface area contributed by atoms with Crippen molar-refractivity contribution >= 4 is 17.4 Å². The van der Waals surface area contributed by atoms with E-state index in [0.717, 1.165) is 36.5 Å². The topological polar surface area (TPSA) is 35.2 Å². The summed E-state index contributed by atoms with van der Waals surface area (Å²) in [7, 11) is 0. The summed E-state index contributed by atoms with van der Waals surface area (Å²) in [6.07, 6.45) is 2.68. The van der Waals surface area contributed by atoms with Crippen molar-refractivity contribution in [2.24, 2.45) is 0 Å². The number of thioether (sulfide) groups is 1. The Kier molecular flexibility index (Phi) is 4.07. The molecule has 1 heterocycles. The summed E-state index contributed by atoms with van der Waals surface area (Å²) < 4.78 is 18.5. The first-order valence-corrected chi connectivity index (χ1v) is 6.64. The molecule has 2 rings (SSSR count). The second kappa shape index (κ2) is 5.55. The quantitative estimate of drug-likeness (QED) is 0.823. The second-order valence-corrected chi connectivity index (χ2v) is 5.02. The Hall–Kier alpha value is -0.740. The fourth-order valence-electron chi connectivity index (χ4n) is 1.78. The highest BCUT2D eigenvalue weighted by molar-refractivity contribution is 7.98. The van der Waals surface area contributed by atoms with E-state index in [1.807, 2.05) is 0 Å². The van der Waals surface area contributed by atoms with E-state index in [2.05, 4.69) is 0 Å². The van der Waals surface area contributed by atoms with Crippen LogP contribution in [0, 0.1) is 5.82 Å². The standard InChI is InChI=1S/C12H16FNOS/c13-10-3-4-12(14)9(6-10)7-16-8-11-2-1-5-15-11/h3-4,6,11H,1-2,5,7-8,14H2. The molecule has 2 nitrogen and oxygen atoms in total. The molecule has 0 spiro atoms. The summed E-state index contributed by atoms with van der Waals surface area (Å²) in [4.78, 5) is 0. The normalized spacial score (nSPS) is 20.2. The summed E-state index contributed by atoms with van der Waals surface area (Å²) in [6.45, 7) is 0.882. The number of hydrogen-bond acceptors (Lipinski definition) is 3. The number of benzene rings is 1. The van der Waals surface area contributed by atoms with Crippen LogP contribution in [0.1, 0.15) is 18.4 Å². The van der Waals surface area contributed by atoms with Crippen LogP contribution in [0.4, 0.5) is 10.1 Å². The number of anilines is 1. The molecule has 1 atom stereocenters. The molecule has 88 valence electrons. The van der Waals surface area contributed by atoms with Crippen LogP contribution in [-0.4, -0.2) is 18.5 Å². The Morgan fingerprint density at radius 3 is 3.12 bits per heavy atom. The first kappa shape index (κ1) is 11.7. The van der Waals surface area contributed by atoms with Crippen LogP contribution in [0.5, 0.6) is 0 Å². The van der Waals surface area contributed by atoms with E-state index >= 15 is 0 Å². The van der Waals surface area contributed by atoms with E-state index in [-0.39, 0.29) is 5.82 Å². The number of ether oxygens (including phenoxy) is 1. The van der Waals surface area contributed by atoms with Gasteiger partial charge in [0.05, 0.1) is 6.10 Å². The van der Waals surface area contributed by atoms with Gasteiger partial charge in [0, 0.05) is 23.8 Å². The number of halogens is 1. The van der Waals surface area contributed by atoms with Gasteiger partial charge in [0.15, 0.2) is 0 Å². The molecule has 0 aliphatic carbocycles. The first-order valence-electron chi connectivity index (χ1n) is 5.49. The van der Waals surface area contributed by atoms with Gasteiger partial charge in [-0.2, -0.15) is 11.8 Å². The number of rotatable bonds is 4. The maximum Gasteiger partial charge on any atom is 0.123 e. The number of nitrogens with two attached hydrogens (primary N) is 1. The fourth-order valence-corrected chi connectivity index (χ4v) is 2.89. The Morgan fingerprint density at radius 1 is 1.50 bits per heavy atom. The first-order chi connectivity index (χ1) is 7.75. The molecule has 1 saturated heterocycles. The third kappa shape index (κ3) is 3.12. The Labute approximate surface area is 99.4 Å². The van der Waals surface area contributed by atoms with Crippen molar-refractivity contribution < 1.29 is 9.13 Å². The van der Waals surface area contributed by atoms with Crippen LogP contribution in [0.2, 0.25) is 0 Å². The lowest BCUT2D eigenvalue weighted by Gasteiger charge is -2.09. The summed E-state index contributed by atoms with van der Waals surface area (Å²) in [5.41, 5.74) is 7.32. The van der Waals surface area contributed by atoms with E-state index in [1.165, 1.54) is 12.1 Å². The molecule has 1 fully saturated rings. The SMILES string of the molecule is Nc1ccc(F)cc1CSCC1CCCO1. The molecule has 4 heteroatoms. The lowest BCUT2D eigenvalue weighted by molar-refractivity contribution is 0.129. The molecule has 0 radical (unpaired) electrons. The Balaban J connectivity index is 1.82. The third-order valence-corrected chi connectivity index (χ3v) is 3.81. The highest BCUT2D eigenvalue weighted by Gasteiger charge is 2.15. The highest BCUT2D eigenvalue weighted by Crippen LogP contribution is 2.23. The molecule has 16 heavy (non-hydrogen) atoms. The van der Waals surface area contributed by atoms with Gasteiger partial charge in [-0.05, 0) is 36.6 Å². The summed E-state index contributed by atoms with van der Waals surface area (Å²) in [6, 6.07) is 4.53. The minimum absolute atomic E-state index is 0.220. The molecule has 1 unspecified atom stereocenters. The average molecular weight is 241 g/mol. The van der Waals surface area contributed by atoms with Crippen LogP contribution in [0.15, 0.2) is 18.2 Å². The van der Waals surface area contributed by atoms with E-state index in [1.54, 1.807) is 17.8 Å². The van der Waals surface area contributed by atoms with Crippen LogP contribution >= 0.6 is 11.8 Å². The highest BCUT2D eigenvalue weighted by atomic mass is 32.2. The van der Waals surface area contributed by atoms with Crippen LogP contribution in [-0.2, 0) is 10.5 Å². The van der Waals surface area contributed by atoms with Gasteiger partial charge in [-0.15, -0.1) is 0 Å². The molecule has 0 aromatic heterocycles. The largest absolute Gasteiger partial charge is 0.398 e. The van der Waals surface area contributed by atoms with Gasteiger partial charge in [-0.25, -0.2) is 4.39 Å². The molecular weight excluding hydrogens is 225 g/mol. The van der Waals surface area contributed by atoms with E-state index in [4.69, 9.17) is 10.5 Å². The molecule has 2 N–H and O–H groups in total. The predicted molar refractivity (Wildman–Crippen MR) is 65.9 cm³/mol. The van der Waals surface area contributed by atoms with Crippen molar-refractivity contribution in [2.75, 3.05) is 18.1 Å². The minimum atomic E-state index is -0.220. The van der Waals surface area contributed by atoms with Crippen molar-refractivity contribution in [3.8, 4) is 0 Å². The zero-order valence-corrected chi connectivity index (χ0v) is 9.93. The fraction of sp³-hybridized carbons (Fsp3) is 0.500. The third-order valence-electron chi connectivity index (χ3n) is 2.69. The minimum Gasteiger partial charge on any atom is -0.398 e. The Morgan fingerprint density at radius 2 is 2.38 bits per heavy atom. The number of nitrogen functional groups attached to an aromatic ring is 1. The van der Waals surface area contributed by atoms with E-state index in [9.17, 15) is 4.39 Å². The molecule has 1 aliphatic heterocycles. The van der Waals surface area contributed by atoms with Crippen LogP contribution in [0.25, 0.3) is 0 Å². The average Bonchev–Trinajstić information content (AvgIpc) is 2.76. The van der Waals surface area contributed by atoms with E-state index in [0.29, 0.717) is 11.8 Å². The van der Waals surface area contributed by atoms with Gasteiger partial charge in [-0.1, -0.05) is 0 Å². The molecule has 1 aromatic carbocycles. The number of hydrogen-bond donors (Lipinski definition) is 1. The van der Waals surface area contributed by atoms with Crippen molar-refractivity contribution in [2.45, 2.75) is 24.7 Å². The lowest BCUT2D eigenvalue weighted by atomic mass is 10.2. The molecule has 1 aromatic rings. The lowest BCUT2D eigenvalue weighted by Crippen LogP contribution is -2.08. The summed E-state index contributed by atoms with van der Waals surface area (Å²) in [5, 5.41) is 0. The van der Waals surface area contributed by atoms with Crippen molar-refractivity contribution in [1.82, 2.24) is 0 Å². The predicted octanol–water partition coefficient (Wildman–Crippen LogP) is 2.82. The maximum absolute atomic E-state index is 13.0. The van der Waals surface area contributed by atoms with Gasteiger partial charge < -0.3 is 10.5 Å². The molecule has 0 amide bonds. The second-order valence-electron chi connectivity index (χ2n) is 3.99. The zero-order chi connectivity index (χ0) is 11.4. The molecule has 1 aliphatic rings. The zero-order valence-electron chi connectivity index (χ0n) is 9.12. The monoisotopic (exact) mass is 241 g/mol. The summed E-state index contributed by atoms with van der Waals surface area (Å²) >= 11 is 1.75.